The zero-order chi connectivity index (χ0) is 29.9. The number of carbonyl (C=O) groups is 2. The van der Waals surface area contributed by atoms with Gasteiger partial charge in [0.1, 0.15) is 6.61 Å². The van der Waals surface area contributed by atoms with Crippen LogP contribution in [0.3, 0.4) is 0 Å². The van der Waals surface area contributed by atoms with Gasteiger partial charge in [0, 0.05) is 25.2 Å². The second-order valence-corrected chi connectivity index (χ2v) is 12.0. The van der Waals surface area contributed by atoms with Crippen molar-refractivity contribution in [3.05, 3.63) is 41.2 Å². The van der Waals surface area contributed by atoms with Crippen molar-refractivity contribution >= 4 is 11.9 Å². The molecule has 41 heavy (non-hydrogen) atoms. The van der Waals surface area contributed by atoms with Crippen LogP contribution in [0.2, 0.25) is 0 Å². The van der Waals surface area contributed by atoms with Gasteiger partial charge in [-0.15, -0.1) is 0 Å². The summed E-state index contributed by atoms with van der Waals surface area (Å²) in [5.74, 6) is -17.1. The van der Waals surface area contributed by atoms with E-state index in [1.54, 1.807) is 26.8 Å². The number of esters is 2. The summed E-state index contributed by atoms with van der Waals surface area (Å²) in [6, 6.07) is 0. The molecule has 0 bridgehead atoms. The molecule has 5 rings (SSSR count). The number of fused-ring (bicyclic) bond motifs is 1. The molecular weight excluding hydrogens is 559 g/mol. The Morgan fingerprint density at radius 3 is 2.27 bits per heavy atom. The quantitative estimate of drug-likeness (QED) is 0.121. The molecule has 8 nitrogen and oxygen atoms in total. The zero-order valence-corrected chi connectivity index (χ0v) is 22.9. The Balaban J connectivity index is 1.23. The van der Waals surface area contributed by atoms with Crippen LogP contribution in [0.5, 0.6) is 5.75 Å². The van der Waals surface area contributed by atoms with Crippen LogP contribution in [0.4, 0.5) is 22.0 Å². The van der Waals surface area contributed by atoms with E-state index in [1.165, 1.54) is 0 Å². The minimum Gasteiger partial charge on any atom is -0.463 e. The van der Waals surface area contributed by atoms with E-state index in [2.05, 4.69) is 4.74 Å². The lowest BCUT2D eigenvalue weighted by molar-refractivity contribution is -0.358. The summed E-state index contributed by atoms with van der Waals surface area (Å²) in [6.45, 7) is 7.21. The Labute approximate surface area is 233 Å². The molecule has 1 aromatic carbocycles. The fourth-order valence-electron chi connectivity index (χ4n) is 5.57. The highest BCUT2D eigenvalue weighted by Crippen LogP contribution is 2.52. The number of halogens is 5. The molecule has 0 aliphatic carbocycles. The Morgan fingerprint density at radius 1 is 0.951 bits per heavy atom. The zero-order valence-electron chi connectivity index (χ0n) is 22.9. The van der Waals surface area contributed by atoms with Gasteiger partial charge < -0.3 is 28.4 Å². The van der Waals surface area contributed by atoms with Crippen molar-refractivity contribution in [3.63, 3.8) is 0 Å². The van der Waals surface area contributed by atoms with Crippen LogP contribution in [0.15, 0.2) is 12.2 Å². The second kappa shape index (κ2) is 10.6. The predicted octanol–water partition coefficient (Wildman–Crippen LogP) is 5.01. The van der Waals surface area contributed by atoms with Gasteiger partial charge in [0.05, 0.1) is 23.7 Å². The number of benzene rings is 1. The Hall–Kier alpha value is -2.61. The van der Waals surface area contributed by atoms with Crippen molar-refractivity contribution in [1.29, 1.82) is 0 Å². The van der Waals surface area contributed by atoms with Gasteiger partial charge in [-0.05, 0) is 39.7 Å². The lowest BCUT2D eigenvalue weighted by Gasteiger charge is -2.45. The summed E-state index contributed by atoms with van der Waals surface area (Å²) < 4.78 is 103. The molecular formula is C28H31F5O8. The third-order valence-electron chi connectivity index (χ3n) is 7.84. The molecule has 4 aliphatic heterocycles. The van der Waals surface area contributed by atoms with E-state index < -0.39 is 82.2 Å². The van der Waals surface area contributed by atoms with Gasteiger partial charge in [0.15, 0.2) is 17.7 Å². The molecule has 0 aromatic heterocycles. The first-order chi connectivity index (χ1) is 19.1. The van der Waals surface area contributed by atoms with Crippen molar-refractivity contribution < 1.29 is 60.0 Å². The van der Waals surface area contributed by atoms with Gasteiger partial charge in [-0.3, -0.25) is 4.79 Å². The third-order valence-corrected chi connectivity index (χ3v) is 7.84. The SMILES string of the molecule is C[C@H]1C[C@@H]2O[C@@H](C(=O)Oc3c(F)c(F)c(F)c(F)c3F)C[C@@H]2O[C@@]12CC[C@]1(C=CC[C@@H](COC(=O)C(C)(C)C)O1)O2. The highest BCUT2D eigenvalue weighted by Gasteiger charge is 2.60. The number of carbonyl (C=O) groups excluding carboxylic acids is 2. The first-order valence-electron chi connectivity index (χ1n) is 13.4. The maximum atomic E-state index is 14.0. The summed E-state index contributed by atoms with van der Waals surface area (Å²) >= 11 is 0. The van der Waals surface area contributed by atoms with Gasteiger partial charge in [0.25, 0.3) is 0 Å². The smallest absolute Gasteiger partial charge is 0.340 e. The van der Waals surface area contributed by atoms with Gasteiger partial charge in [0.2, 0.25) is 34.8 Å². The Bertz CT molecular complexity index is 1240. The highest BCUT2D eigenvalue weighted by molar-refractivity contribution is 5.78. The highest BCUT2D eigenvalue weighted by atomic mass is 19.2. The predicted molar refractivity (Wildman–Crippen MR) is 129 cm³/mol. The summed E-state index contributed by atoms with van der Waals surface area (Å²) in [5, 5.41) is 0. The summed E-state index contributed by atoms with van der Waals surface area (Å²) in [7, 11) is 0. The summed E-state index contributed by atoms with van der Waals surface area (Å²) in [5.41, 5.74) is -0.653. The van der Waals surface area contributed by atoms with Crippen molar-refractivity contribution in [1.82, 2.24) is 0 Å². The van der Waals surface area contributed by atoms with Gasteiger partial charge >= 0.3 is 11.9 Å². The molecule has 0 unspecified atom stereocenters. The first kappa shape index (κ1) is 29.9. The van der Waals surface area contributed by atoms with Crippen LogP contribution in [0, 0.1) is 40.4 Å². The molecule has 4 aliphatic rings. The van der Waals surface area contributed by atoms with E-state index >= 15 is 0 Å². The van der Waals surface area contributed by atoms with Crippen LogP contribution in [0.1, 0.15) is 59.8 Å². The van der Waals surface area contributed by atoms with Crippen molar-refractivity contribution in [2.45, 2.75) is 95.8 Å². The molecule has 0 saturated carbocycles. The average molecular weight is 591 g/mol. The van der Waals surface area contributed by atoms with Gasteiger partial charge in [-0.2, -0.15) is 8.78 Å². The van der Waals surface area contributed by atoms with E-state index in [-0.39, 0.29) is 24.9 Å². The van der Waals surface area contributed by atoms with Crippen molar-refractivity contribution in [2.24, 2.45) is 11.3 Å². The number of rotatable bonds is 4. The molecule has 226 valence electrons. The molecule has 7 atom stereocenters. The van der Waals surface area contributed by atoms with Crippen molar-refractivity contribution in [3.8, 4) is 5.75 Å². The van der Waals surface area contributed by atoms with E-state index in [9.17, 15) is 31.5 Å². The number of hydrogen-bond acceptors (Lipinski definition) is 8. The maximum Gasteiger partial charge on any atom is 0.340 e. The lowest BCUT2D eigenvalue weighted by Crippen LogP contribution is -2.53. The molecule has 1 aromatic rings. The Kier molecular flexibility index (Phi) is 7.71. The van der Waals surface area contributed by atoms with Crippen LogP contribution < -0.4 is 4.74 Å². The number of ether oxygens (including phenoxy) is 6. The molecule has 13 heteroatoms. The van der Waals surface area contributed by atoms with E-state index in [4.69, 9.17) is 23.7 Å². The molecule has 0 amide bonds. The number of hydrogen-bond donors (Lipinski definition) is 0. The monoisotopic (exact) mass is 590 g/mol. The fourth-order valence-corrected chi connectivity index (χ4v) is 5.57. The lowest BCUT2D eigenvalue weighted by atomic mass is 9.86. The molecule has 0 N–H and O–H groups in total. The van der Waals surface area contributed by atoms with E-state index in [0.717, 1.165) is 0 Å². The van der Waals surface area contributed by atoms with Crippen LogP contribution >= 0.6 is 0 Å². The van der Waals surface area contributed by atoms with Gasteiger partial charge in [-0.1, -0.05) is 13.0 Å². The van der Waals surface area contributed by atoms with Crippen LogP contribution in [-0.2, 0) is 33.3 Å². The van der Waals surface area contributed by atoms with E-state index in [1.807, 2.05) is 13.0 Å². The molecule has 4 heterocycles. The van der Waals surface area contributed by atoms with E-state index in [0.29, 0.717) is 25.7 Å². The third kappa shape index (κ3) is 5.49. The fraction of sp³-hybridized carbons (Fsp3) is 0.643. The van der Waals surface area contributed by atoms with Crippen LogP contribution in [-0.4, -0.2) is 54.5 Å². The normalized spacial score (nSPS) is 34.7. The van der Waals surface area contributed by atoms with Gasteiger partial charge in [-0.25, -0.2) is 18.0 Å². The largest absolute Gasteiger partial charge is 0.463 e. The first-order valence-corrected chi connectivity index (χ1v) is 13.4. The second-order valence-electron chi connectivity index (χ2n) is 12.0. The maximum absolute atomic E-state index is 14.0. The standard InChI is InChI=1S/C28H31F5O8/c1-13-10-15-16(11-17(37-15)24(34)38-23-21(32)19(30)18(29)20(31)22(23)33)40-28(13)9-8-27(41-28)7-5-6-14(39-27)12-36-25(35)26(2,3)4/h5,7,13-17H,6,8-12H2,1-4H3/t13-,14-,15-,16-,17+,27-,28+/m0/s1. The molecule has 3 fully saturated rings. The van der Waals surface area contributed by atoms with Crippen molar-refractivity contribution in [2.75, 3.05) is 6.61 Å². The summed E-state index contributed by atoms with van der Waals surface area (Å²) in [6.07, 6.45) is 2.35. The average Bonchev–Trinajstić information content (AvgIpc) is 3.48. The minimum atomic E-state index is -2.36. The Morgan fingerprint density at radius 2 is 1.61 bits per heavy atom. The topological polar surface area (TPSA) is 89.5 Å². The molecule has 3 saturated heterocycles. The summed E-state index contributed by atoms with van der Waals surface area (Å²) in [4.78, 5) is 24.8. The van der Waals surface area contributed by atoms with Crippen LogP contribution in [0.25, 0.3) is 0 Å². The minimum absolute atomic E-state index is 0.0559. The molecule has 2 spiro atoms. The molecule has 0 radical (unpaired) electrons.